The van der Waals surface area contributed by atoms with Crippen molar-refractivity contribution < 1.29 is 19.7 Å². The summed E-state index contributed by atoms with van der Waals surface area (Å²) in [4.78, 5) is 16.6. The topological polar surface area (TPSA) is 104 Å². The van der Waals surface area contributed by atoms with Gasteiger partial charge in [-0.15, -0.1) is 0 Å². The molecule has 3 N–H and O–H groups in total. The molecular formula is C24H19N3O4. The minimum Gasteiger partial charge on any atom is -0.504 e. The molecule has 0 spiro atoms. The van der Waals surface area contributed by atoms with Gasteiger partial charge in [0, 0.05) is 22.7 Å². The number of phenolic OH excluding ortho intramolecular Hbond substituents is 2. The smallest absolute Gasteiger partial charge is 0.271 e. The lowest BCUT2D eigenvalue weighted by atomic mass is 10.1. The summed E-state index contributed by atoms with van der Waals surface area (Å²) >= 11 is 0. The number of carbonyl (C=O) groups excluding carboxylic acids is 1. The van der Waals surface area contributed by atoms with Crippen LogP contribution in [0.1, 0.15) is 21.5 Å². The number of fused-ring (bicyclic) bond motifs is 1. The molecule has 1 amide bonds. The van der Waals surface area contributed by atoms with Crippen LogP contribution in [0.2, 0.25) is 0 Å². The second-order valence-electron chi connectivity index (χ2n) is 6.73. The van der Waals surface area contributed by atoms with Crippen LogP contribution in [0.3, 0.4) is 0 Å². The zero-order valence-electron chi connectivity index (χ0n) is 16.4. The Morgan fingerprint density at radius 3 is 2.61 bits per heavy atom. The SMILES string of the molecule is O=C(NN=Cc1cccc(O)c1O)c1ccc(COc2cccc3cccnc23)cc1. The molecule has 0 aliphatic heterocycles. The average molecular weight is 413 g/mol. The summed E-state index contributed by atoms with van der Waals surface area (Å²) in [5.74, 6) is -0.260. The summed E-state index contributed by atoms with van der Waals surface area (Å²) in [5.41, 5.74) is 4.80. The van der Waals surface area contributed by atoms with Crippen LogP contribution in [0.4, 0.5) is 0 Å². The number of hydrogen-bond donors (Lipinski definition) is 3. The summed E-state index contributed by atoms with van der Waals surface area (Å²) in [6, 6.07) is 21.1. The van der Waals surface area contributed by atoms with Crippen molar-refractivity contribution in [2.24, 2.45) is 5.10 Å². The van der Waals surface area contributed by atoms with Gasteiger partial charge < -0.3 is 14.9 Å². The fraction of sp³-hybridized carbons (Fsp3) is 0.0417. The lowest BCUT2D eigenvalue weighted by molar-refractivity contribution is 0.0955. The molecule has 1 aromatic heterocycles. The first-order chi connectivity index (χ1) is 15.1. The van der Waals surface area contributed by atoms with Gasteiger partial charge in [0.15, 0.2) is 11.5 Å². The molecule has 4 aromatic rings. The maximum Gasteiger partial charge on any atom is 0.271 e. The fourth-order valence-corrected chi connectivity index (χ4v) is 2.98. The van der Waals surface area contributed by atoms with Crippen molar-refractivity contribution in [2.45, 2.75) is 6.61 Å². The number of rotatable bonds is 6. The van der Waals surface area contributed by atoms with E-state index in [0.29, 0.717) is 17.9 Å². The number of aromatic nitrogens is 1. The zero-order valence-corrected chi connectivity index (χ0v) is 16.4. The van der Waals surface area contributed by atoms with E-state index in [-0.39, 0.29) is 17.1 Å². The second kappa shape index (κ2) is 8.96. The third-order valence-electron chi connectivity index (χ3n) is 4.62. The van der Waals surface area contributed by atoms with Crippen LogP contribution in [-0.4, -0.2) is 27.3 Å². The van der Waals surface area contributed by atoms with Gasteiger partial charge >= 0.3 is 0 Å². The molecule has 0 bridgehead atoms. The molecule has 0 saturated heterocycles. The van der Waals surface area contributed by atoms with E-state index < -0.39 is 5.91 Å². The van der Waals surface area contributed by atoms with Crippen LogP contribution in [0.15, 0.2) is 84.1 Å². The van der Waals surface area contributed by atoms with Gasteiger partial charge in [-0.3, -0.25) is 9.78 Å². The standard InChI is InChI=1S/C24H19N3O4/c28-20-7-1-5-19(23(20)29)14-26-27-24(30)18-11-9-16(10-12-18)15-31-21-8-2-4-17-6-3-13-25-22(17)21/h1-14,28-29H,15H2,(H,27,30). The van der Waals surface area contributed by atoms with Crippen molar-refractivity contribution in [3.63, 3.8) is 0 Å². The number of aromatic hydroxyl groups is 2. The first kappa shape index (κ1) is 19.9. The second-order valence-corrected chi connectivity index (χ2v) is 6.73. The Bertz CT molecular complexity index is 1250. The predicted octanol–water partition coefficient (Wildman–Crippen LogP) is 3.99. The predicted molar refractivity (Wildman–Crippen MR) is 117 cm³/mol. The number of pyridine rings is 1. The first-order valence-electron chi connectivity index (χ1n) is 9.51. The van der Waals surface area contributed by atoms with Gasteiger partial charge in [-0.2, -0.15) is 5.10 Å². The van der Waals surface area contributed by atoms with E-state index in [9.17, 15) is 15.0 Å². The minimum atomic E-state index is -0.401. The number of para-hydroxylation sites is 2. The van der Waals surface area contributed by atoms with Crippen molar-refractivity contribution >= 4 is 23.0 Å². The molecule has 0 atom stereocenters. The lowest BCUT2D eigenvalue weighted by Gasteiger charge is -2.09. The Hall–Kier alpha value is -4.39. The molecule has 7 heteroatoms. The largest absolute Gasteiger partial charge is 0.504 e. The van der Waals surface area contributed by atoms with Gasteiger partial charge in [-0.1, -0.05) is 36.4 Å². The number of nitrogens with one attached hydrogen (secondary N) is 1. The molecule has 0 unspecified atom stereocenters. The van der Waals surface area contributed by atoms with E-state index in [1.54, 1.807) is 42.6 Å². The highest BCUT2D eigenvalue weighted by molar-refractivity contribution is 5.95. The van der Waals surface area contributed by atoms with Gasteiger partial charge in [0.25, 0.3) is 5.91 Å². The molecule has 0 radical (unpaired) electrons. The quantitative estimate of drug-likeness (QED) is 0.252. The zero-order chi connectivity index (χ0) is 21.6. The Morgan fingerprint density at radius 1 is 1.00 bits per heavy atom. The van der Waals surface area contributed by atoms with Gasteiger partial charge in [0.05, 0.1) is 6.21 Å². The molecule has 154 valence electrons. The Balaban J connectivity index is 1.37. The molecular weight excluding hydrogens is 394 g/mol. The van der Waals surface area contributed by atoms with Gasteiger partial charge in [0.2, 0.25) is 0 Å². The molecule has 0 saturated carbocycles. The van der Waals surface area contributed by atoms with Crippen molar-refractivity contribution in [3.05, 3.63) is 95.7 Å². The highest BCUT2D eigenvalue weighted by Crippen LogP contribution is 2.26. The lowest BCUT2D eigenvalue weighted by Crippen LogP contribution is -2.17. The van der Waals surface area contributed by atoms with Crippen molar-refractivity contribution in [3.8, 4) is 17.2 Å². The summed E-state index contributed by atoms with van der Waals surface area (Å²) in [6.07, 6.45) is 2.99. The monoisotopic (exact) mass is 413 g/mol. The third-order valence-corrected chi connectivity index (χ3v) is 4.62. The minimum absolute atomic E-state index is 0.257. The number of phenols is 2. The number of benzene rings is 3. The van der Waals surface area contributed by atoms with Crippen molar-refractivity contribution in [1.82, 2.24) is 10.4 Å². The first-order valence-corrected chi connectivity index (χ1v) is 9.51. The average Bonchev–Trinajstić information content (AvgIpc) is 2.80. The van der Waals surface area contributed by atoms with E-state index in [1.165, 1.54) is 12.3 Å². The number of nitrogens with zero attached hydrogens (tertiary/aromatic N) is 2. The summed E-state index contributed by atoms with van der Waals surface area (Å²) in [7, 11) is 0. The van der Waals surface area contributed by atoms with Crippen molar-refractivity contribution in [1.29, 1.82) is 0 Å². The molecule has 3 aromatic carbocycles. The number of carbonyl (C=O) groups is 1. The number of amides is 1. The van der Waals surface area contributed by atoms with Gasteiger partial charge in [-0.25, -0.2) is 5.43 Å². The Kier molecular flexibility index (Phi) is 5.75. The van der Waals surface area contributed by atoms with E-state index in [1.807, 2.05) is 30.3 Å². The third kappa shape index (κ3) is 4.62. The van der Waals surface area contributed by atoms with E-state index >= 15 is 0 Å². The van der Waals surface area contributed by atoms with Crippen LogP contribution in [-0.2, 0) is 6.61 Å². The molecule has 0 aliphatic rings. The maximum absolute atomic E-state index is 12.2. The number of ether oxygens (including phenoxy) is 1. The molecule has 0 aliphatic carbocycles. The Morgan fingerprint density at radius 2 is 1.77 bits per heavy atom. The van der Waals surface area contributed by atoms with Crippen LogP contribution in [0, 0.1) is 0 Å². The molecule has 7 nitrogen and oxygen atoms in total. The highest BCUT2D eigenvalue weighted by Gasteiger charge is 2.07. The fourth-order valence-electron chi connectivity index (χ4n) is 2.98. The normalized spacial score (nSPS) is 11.0. The summed E-state index contributed by atoms with van der Waals surface area (Å²) in [6.45, 7) is 0.340. The summed E-state index contributed by atoms with van der Waals surface area (Å²) < 4.78 is 5.91. The molecule has 0 fully saturated rings. The van der Waals surface area contributed by atoms with E-state index in [4.69, 9.17) is 4.74 Å². The van der Waals surface area contributed by atoms with Crippen LogP contribution < -0.4 is 10.2 Å². The molecule has 4 rings (SSSR count). The van der Waals surface area contributed by atoms with Gasteiger partial charge in [0.1, 0.15) is 17.9 Å². The van der Waals surface area contributed by atoms with E-state index in [2.05, 4.69) is 15.5 Å². The van der Waals surface area contributed by atoms with Crippen LogP contribution >= 0.6 is 0 Å². The number of hydrogen-bond acceptors (Lipinski definition) is 6. The molecule has 31 heavy (non-hydrogen) atoms. The number of hydrazone groups is 1. The molecule has 1 heterocycles. The van der Waals surface area contributed by atoms with Crippen molar-refractivity contribution in [2.75, 3.05) is 0 Å². The van der Waals surface area contributed by atoms with Crippen LogP contribution in [0.5, 0.6) is 17.2 Å². The summed E-state index contributed by atoms with van der Waals surface area (Å²) in [5, 5.41) is 24.0. The highest BCUT2D eigenvalue weighted by atomic mass is 16.5. The van der Waals surface area contributed by atoms with E-state index in [0.717, 1.165) is 16.5 Å². The maximum atomic E-state index is 12.2. The Labute approximate surface area is 178 Å². The van der Waals surface area contributed by atoms with Gasteiger partial charge in [-0.05, 0) is 42.0 Å². The van der Waals surface area contributed by atoms with Crippen LogP contribution in [0.25, 0.3) is 10.9 Å².